The van der Waals surface area contributed by atoms with E-state index in [4.69, 9.17) is 5.73 Å². The summed E-state index contributed by atoms with van der Waals surface area (Å²) in [4.78, 5) is 6.25. The van der Waals surface area contributed by atoms with Crippen molar-refractivity contribution < 1.29 is 0 Å². The fourth-order valence-corrected chi connectivity index (χ4v) is 2.14. The molecule has 6 heteroatoms. The van der Waals surface area contributed by atoms with Crippen LogP contribution in [0.4, 0.5) is 11.8 Å². The van der Waals surface area contributed by atoms with Crippen LogP contribution in [0.15, 0.2) is 12.4 Å². The number of piperidine rings is 1. The van der Waals surface area contributed by atoms with Gasteiger partial charge in [-0.05, 0) is 19.3 Å². The van der Waals surface area contributed by atoms with Crippen molar-refractivity contribution in [3.8, 4) is 0 Å². The lowest BCUT2D eigenvalue weighted by atomic mass is 10.1. The minimum absolute atomic E-state index is 0.429. The topological polar surface area (TPSA) is 72.3 Å². The van der Waals surface area contributed by atoms with Crippen molar-refractivity contribution in [2.45, 2.75) is 19.3 Å². The van der Waals surface area contributed by atoms with Crippen molar-refractivity contribution in [2.24, 2.45) is 0 Å². The summed E-state index contributed by atoms with van der Waals surface area (Å²) in [6.45, 7) is 2.09. The Morgan fingerprint density at radius 2 is 1.94 bits per heavy atom. The largest absolute Gasteiger partial charge is 0.381 e. The Kier molecular flexibility index (Phi) is 2.12. The van der Waals surface area contributed by atoms with Crippen molar-refractivity contribution in [3.05, 3.63) is 12.4 Å². The lowest BCUT2D eigenvalue weighted by molar-refractivity contribution is 0.566. The zero-order valence-corrected chi connectivity index (χ0v) is 9.00. The van der Waals surface area contributed by atoms with Crippen LogP contribution >= 0.6 is 0 Å². The zero-order valence-electron chi connectivity index (χ0n) is 9.00. The minimum Gasteiger partial charge on any atom is -0.381 e. The maximum Gasteiger partial charge on any atom is 0.231 e. The summed E-state index contributed by atoms with van der Waals surface area (Å²) in [5.41, 5.74) is 6.39. The number of fused-ring (bicyclic) bond motifs is 1. The molecule has 6 nitrogen and oxygen atoms in total. The van der Waals surface area contributed by atoms with Gasteiger partial charge in [-0.15, -0.1) is 10.2 Å². The van der Waals surface area contributed by atoms with E-state index in [1.165, 1.54) is 19.3 Å². The van der Waals surface area contributed by atoms with E-state index in [-0.39, 0.29) is 0 Å². The molecule has 2 aromatic heterocycles. The molecule has 1 fully saturated rings. The molecule has 0 bridgehead atoms. The lowest BCUT2D eigenvalue weighted by Crippen LogP contribution is -2.31. The number of hydrogen-bond acceptors (Lipinski definition) is 5. The maximum absolute atomic E-state index is 5.75. The molecular formula is C10H14N6. The summed E-state index contributed by atoms with van der Waals surface area (Å²) >= 11 is 0. The molecule has 1 aliphatic rings. The molecule has 2 N–H and O–H groups in total. The predicted molar refractivity (Wildman–Crippen MR) is 61.3 cm³/mol. The van der Waals surface area contributed by atoms with Crippen LogP contribution in [-0.2, 0) is 0 Å². The van der Waals surface area contributed by atoms with Crippen LogP contribution in [0.2, 0.25) is 0 Å². The Balaban J connectivity index is 2.06. The number of hydrogen-bond donors (Lipinski definition) is 1. The third-order valence-electron chi connectivity index (χ3n) is 2.98. The molecule has 3 heterocycles. The van der Waals surface area contributed by atoms with Gasteiger partial charge in [0.15, 0.2) is 5.82 Å². The molecule has 0 aliphatic carbocycles. The molecule has 3 rings (SSSR count). The van der Waals surface area contributed by atoms with Crippen LogP contribution in [-0.4, -0.2) is 32.7 Å². The van der Waals surface area contributed by atoms with Crippen molar-refractivity contribution in [1.82, 2.24) is 19.6 Å². The fraction of sp³-hybridized carbons (Fsp3) is 0.500. The number of aromatic nitrogens is 4. The van der Waals surface area contributed by atoms with E-state index in [0.717, 1.165) is 19.0 Å². The van der Waals surface area contributed by atoms with E-state index >= 15 is 0 Å². The van der Waals surface area contributed by atoms with Crippen molar-refractivity contribution in [1.29, 1.82) is 0 Å². The van der Waals surface area contributed by atoms with Gasteiger partial charge in [0.25, 0.3) is 0 Å². The van der Waals surface area contributed by atoms with Crippen LogP contribution in [0, 0.1) is 0 Å². The van der Waals surface area contributed by atoms with Crippen molar-refractivity contribution >= 4 is 17.4 Å². The first-order chi connectivity index (χ1) is 7.86. The lowest BCUT2D eigenvalue weighted by Gasteiger charge is -2.26. The van der Waals surface area contributed by atoms with Crippen LogP contribution in [0.25, 0.3) is 5.65 Å². The van der Waals surface area contributed by atoms with E-state index in [2.05, 4.69) is 20.1 Å². The number of anilines is 2. The minimum atomic E-state index is 0.429. The quantitative estimate of drug-likeness (QED) is 0.762. The molecule has 0 spiro atoms. The molecular weight excluding hydrogens is 204 g/mol. The standard InChI is InChI=1S/C10H14N6/c11-8-9-13-14-10(16(9)7-4-12-8)15-5-2-1-3-6-15/h4,7H,1-3,5-6H2,(H2,11,12). The van der Waals surface area contributed by atoms with Gasteiger partial charge in [0.05, 0.1) is 0 Å². The molecule has 1 aliphatic heterocycles. The Hall–Kier alpha value is -1.85. The van der Waals surface area contributed by atoms with Crippen LogP contribution in [0.5, 0.6) is 0 Å². The first-order valence-corrected chi connectivity index (χ1v) is 5.56. The van der Waals surface area contributed by atoms with E-state index in [9.17, 15) is 0 Å². The highest BCUT2D eigenvalue weighted by molar-refractivity contribution is 5.61. The number of nitrogens with two attached hydrogens (primary N) is 1. The summed E-state index contributed by atoms with van der Waals surface area (Å²) in [7, 11) is 0. The summed E-state index contributed by atoms with van der Waals surface area (Å²) in [6.07, 6.45) is 7.27. The monoisotopic (exact) mass is 218 g/mol. The second kappa shape index (κ2) is 3.62. The predicted octanol–water partition coefficient (Wildman–Crippen LogP) is 0.697. The third kappa shape index (κ3) is 1.37. The normalized spacial score (nSPS) is 16.9. The first-order valence-electron chi connectivity index (χ1n) is 5.56. The Bertz CT molecular complexity index is 499. The average molecular weight is 218 g/mol. The number of nitrogens with zero attached hydrogens (tertiary/aromatic N) is 5. The van der Waals surface area contributed by atoms with Crippen LogP contribution in [0.3, 0.4) is 0 Å². The molecule has 84 valence electrons. The van der Waals surface area contributed by atoms with Crippen molar-refractivity contribution in [3.63, 3.8) is 0 Å². The molecule has 1 saturated heterocycles. The molecule has 0 aromatic carbocycles. The Labute approximate surface area is 93.1 Å². The highest BCUT2D eigenvalue weighted by Gasteiger charge is 2.17. The fourth-order valence-electron chi connectivity index (χ4n) is 2.14. The second-order valence-corrected chi connectivity index (χ2v) is 4.05. The smallest absolute Gasteiger partial charge is 0.231 e. The molecule has 2 aromatic rings. The summed E-state index contributed by atoms with van der Waals surface area (Å²) in [5.74, 6) is 1.31. The van der Waals surface area contributed by atoms with E-state index in [1.807, 2.05) is 10.6 Å². The van der Waals surface area contributed by atoms with Gasteiger partial charge in [0, 0.05) is 25.5 Å². The van der Waals surface area contributed by atoms with Gasteiger partial charge in [-0.25, -0.2) is 4.98 Å². The van der Waals surface area contributed by atoms with Gasteiger partial charge in [0.1, 0.15) is 0 Å². The number of rotatable bonds is 1. The van der Waals surface area contributed by atoms with Gasteiger partial charge in [-0.2, -0.15) is 0 Å². The first kappa shape index (κ1) is 9.38. The highest BCUT2D eigenvalue weighted by Crippen LogP contribution is 2.19. The number of nitrogen functional groups attached to an aromatic ring is 1. The second-order valence-electron chi connectivity index (χ2n) is 4.05. The van der Waals surface area contributed by atoms with E-state index < -0.39 is 0 Å². The third-order valence-corrected chi connectivity index (χ3v) is 2.98. The summed E-state index contributed by atoms with van der Waals surface area (Å²) in [6, 6.07) is 0. The van der Waals surface area contributed by atoms with Gasteiger partial charge in [-0.1, -0.05) is 0 Å². The highest BCUT2D eigenvalue weighted by atomic mass is 15.4. The maximum atomic E-state index is 5.75. The van der Waals surface area contributed by atoms with Crippen LogP contribution in [0.1, 0.15) is 19.3 Å². The molecule has 0 radical (unpaired) electrons. The Morgan fingerprint density at radius 1 is 1.12 bits per heavy atom. The molecule has 0 saturated carbocycles. The van der Waals surface area contributed by atoms with Crippen molar-refractivity contribution in [2.75, 3.05) is 23.7 Å². The molecule has 16 heavy (non-hydrogen) atoms. The van der Waals surface area contributed by atoms with Gasteiger partial charge >= 0.3 is 0 Å². The summed E-state index contributed by atoms with van der Waals surface area (Å²) in [5, 5.41) is 8.28. The van der Waals surface area contributed by atoms with Gasteiger partial charge in [-0.3, -0.25) is 4.40 Å². The van der Waals surface area contributed by atoms with Gasteiger partial charge < -0.3 is 10.6 Å². The Morgan fingerprint density at radius 3 is 2.75 bits per heavy atom. The summed E-state index contributed by atoms with van der Waals surface area (Å²) < 4.78 is 1.91. The zero-order chi connectivity index (χ0) is 11.0. The molecule has 0 unspecified atom stereocenters. The van der Waals surface area contributed by atoms with Crippen LogP contribution < -0.4 is 10.6 Å². The van der Waals surface area contributed by atoms with E-state index in [1.54, 1.807) is 6.20 Å². The van der Waals surface area contributed by atoms with E-state index in [0.29, 0.717) is 11.5 Å². The molecule has 0 atom stereocenters. The molecule has 0 amide bonds. The van der Waals surface area contributed by atoms with Gasteiger partial charge in [0.2, 0.25) is 11.6 Å². The average Bonchev–Trinajstić information content (AvgIpc) is 2.75. The SMILES string of the molecule is Nc1nccn2c(N3CCCCC3)nnc12.